The van der Waals surface area contributed by atoms with Gasteiger partial charge in [0.05, 0.1) is 11.5 Å². The van der Waals surface area contributed by atoms with Crippen LogP contribution in [0.5, 0.6) is 0 Å². The van der Waals surface area contributed by atoms with Gasteiger partial charge in [-0.3, -0.25) is 4.79 Å². The van der Waals surface area contributed by atoms with E-state index < -0.39 is 6.04 Å². The molecule has 1 heterocycles. The third kappa shape index (κ3) is 4.29. The summed E-state index contributed by atoms with van der Waals surface area (Å²) in [5.41, 5.74) is 0.587. The normalized spacial score (nSPS) is 21.1. The van der Waals surface area contributed by atoms with Crippen LogP contribution in [0.3, 0.4) is 0 Å². The Morgan fingerprint density at radius 1 is 1.22 bits per heavy atom. The van der Waals surface area contributed by atoms with Crippen molar-refractivity contribution in [1.82, 2.24) is 4.90 Å². The van der Waals surface area contributed by atoms with Crippen LogP contribution in [0.4, 0.5) is 0 Å². The van der Waals surface area contributed by atoms with Gasteiger partial charge in [-0.15, -0.1) is 11.8 Å². The highest BCUT2D eigenvalue weighted by atomic mass is 79.9. The van der Waals surface area contributed by atoms with Crippen LogP contribution in [0, 0.1) is 5.92 Å². The number of carbonyl (C=O) groups excluding carboxylic acids is 2. The van der Waals surface area contributed by atoms with Gasteiger partial charge in [-0.25, -0.2) is 4.79 Å². The topological polar surface area (TPSA) is 46.6 Å². The summed E-state index contributed by atoms with van der Waals surface area (Å²) in [6.45, 7) is 7.77. The summed E-state index contributed by atoms with van der Waals surface area (Å²) in [7, 11) is 0. The molecule has 0 saturated carbocycles. The SMILES string of the molecule is CC(C)OC(=O)C1CSC(C(C)C)N1C(=O)c1ccc(Br)cc1. The lowest BCUT2D eigenvalue weighted by atomic mass is 10.1. The molecular weight excluding hydrogens is 378 g/mol. The Hall–Kier alpha value is -1.01. The fourth-order valence-corrected chi connectivity index (χ4v) is 4.26. The smallest absolute Gasteiger partial charge is 0.330 e. The lowest BCUT2D eigenvalue weighted by Crippen LogP contribution is -2.48. The number of hydrogen-bond acceptors (Lipinski definition) is 4. The molecule has 0 radical (unpaired) electrons. The van der Waals surface area contributed by atoms with Crippen LogP contribution >= 0.6 is 27.7 Å². The first-order valence-corrected chi connectivity index (χ1v) is 9.55. The summed E-state index contributed by atoms with van der Waals surface area (Å²) < 4.78 is 6.26. The molecule has 6 heteroatoms. The maximum atomic E-state index is 13.0. The van der Waals surface area contributed by atoms with Gasteiger partial charge in [0.2, 0.25) is 0 Å². The Morgan fingerprint density at radius 3 is 2.35 bits per heavy atom. The highest BCUT2D eigenvalue weighted by Gasteiger charge is 2.44. The summed E-state index contributed by atoms with van der Waals surface area (Å²) in [5.74, 6) is 0.403. The van der Waals surface area contributed by atoms with E-state index in [2.05, 4.69) is 29.8 Å². The van der Waals surface area contributed by atoms with E-state index in [1.807, 2.05) is 26.0 Å². The second-order valence-corrected chi connectivity index (χ2v) is 8.25. The minimum absolute atomic E-state index is 0.0177. The Labute approximate surface area is 150 Å². The van der Waals surface area contributed by atoms with Crippen LogP contribution in [0.15, 0.2) is 28.7 Å². The van der Waals surface area contributed by atoms with Gasteiger partial charge in [0.25, 0.3) is 5.91 Å². The molecule has 0 bridgehead atoms. The molecule has 1 aromatic carbocycles. The lowest BCUT2D eigenvalue weighted by Gasteiger charge is -2.31. The molecular formula is C17H22BrNO3S. The van der Waals surface area contributed by atoms with E-state index in [-0.39, 0.29) is 29.3 Å². The molecule has 2 atom stereocenters. The van der Waals surface area contributed by atoms with E-state index in [4.69, 9.17) is 4.74 Å². The van der Waals surface area contributed by atoms with Crippen molar-refractivity contribution in [2.24, 2.45) is 5.92 Å². The average molecular weight is 400 g/mol. The molecule has 23 heavy (non-hydrogen) atoms. The first-order valence-electron chi connectivity index (χ1n) is 7.71. The van der Waals surface area contributed by atoms with Gasteiger partial charge in [0, 0.05) is 15.8 Å². The first kappa shape index (κ1) is 18.3. The number of carbonyl (C=O) groups is 2. The van der Waals surface area contributed by atoms with Gasteiger partial charge < -0.3 is 9.64 Å². The largest absolute Gasteiger partial charge is 0.461 e. The van der Waals surface area contributed by atoms with E-state index in [0.29, 0.717) is 11.3 Å². The third-order valence-corrected chi connectivity index (χ3v) is 5.70. The lowest BCUT2D eigenvalue weighted by molar-refractivity contribution is -0.152. The summed E-state index contributed by atoms with van der Waals surface area (Å²) in [6.07, 6.45) is -0.185. The first-order chi connectivity index (χ1) is 10.8. The van der Waals surface area contributed by atoms with Gasteiger partial charge in [-0.05, 0) is 44.0 Å². The van der Waals surface area contributed by atoms with Crippen LogP contribution in [-0.4, -0.2) is 40.0 Å². The van der Waals surface area contributed by atoms with Crippen LogP contribution in [-0.2, 0) is 9.53 Å². The Kier molecular flexibility index (Phi) is 6.14. The molecule has 0 aromatic heterocycles. The zero-order chi connectivity index (χ0) is 17.1. The van der Waals surface area contributed by atoms with Crippen LogP contribution in [0.1, 0.15) is 38.1 Å². The molecule has 0 aliphatic carbocycles. The van der Waals surface area contributed by atoms with Crippen molar-refractivity contribution in [3.8, 4) is 0 Å². The quantitative estimate of drug-likeness (QED) is 0.719. The average Bonchev–Trinajstić information content (AvgIpc) is 2.91. The van der Waals surface area contributed by atoms with Crippen molar-refractivity contribution in [1.29, 1.82) is 0 Å². The highest BCUT2D eigenvalue weighted by Crippen LogP contribution is 2.35. The van der Waals surface area contributed by atoms with E-state index in [1.165, 1.54) is 0 Å². The second-order valence-electron chi connectivity index (χ2n) is 6.19. The summed E-state index contributed by atoms with van der Waals surface area (Å²) in [4.78, 5) is 27.0. The van der Waals surface area contributed by atoms with Gasteiger partial charge in [-0.2, -0.15) is 0 Å². The fourth-order valence-electron chi connectivity index (χ4n) is 2.53. The van der Waals surface area contributed by atoms with Crippen molar-refractivity contribution in [2.75, 3.05) is 5.75 Å². The highest BCUT2D eigenvalue weighted by molar-refractivity contribution is 9.10. The Bertz CT molecular complexity index is 574. The molecule has 0 N–H and O–H groups in total. The zero-order valence-corrected chi connectivity index (χ0v) is 16.2. The number of hydrogen-bond donors (Lipinski definition) is 0. The van der Waals surface area contributed by atoms with E-state index in [9.17, 15) is 9.59 Å². The number of thioether (sulfide) groups is 1. The fraction of sp³-hybridized carbons (Fsp3) is 0.529. The molecule has 1 fully saturated rings. The van der Waals surface area contributed by atoms with Gasteiger partial charge in [-0.1, -0.05) is 29.8 Å². The predicted octanol–water partition coefficient (Wildman–Crippen LogP) is 3.94. The molecule has 1 saturated heterocycles. The van der Waals surface area contributed by atoms with Gasteiger partial charge in [0.15, 0.2) is 0 Å². The monoisotopic (exact) mass is 399 g/mol. The summed E-state index contributed by atoms with van der Waals surface area (Å²) in [5, 5.41) is -0.0177. The summed E-state index contributed by atoms with van der Waals surface area (Å²) >= 11 is 5.02. The minimum atomic E-state index is -0.522. The number of esters is 1. The molecule has 1 aliphatic rings. The van der Waals surface area contributed by atoms with Crippen LogP contribution in [0.2, 0.25) is 0 Å². The molecule has 1 aliphatic heterocycles. The Morgan fingerprint density at radius 2 is 1.83 bits per heavy atom. The van der Waals surface area contributed by atoms with Crippen LogP contribution in [0.25, 0.3) is 0 Å². The number of benzene rings is 1. The molecule has 1 aromatic rings. The molecule has 126 valence electrons. The van der Waals surface area contributed by atoms with Gasteiger partial charge >= 0.3 is 5.97 Å². The predicted molar refractivity (Wildman–Crippen MR) is 96.4 cm³/mol. The van der Waals surface area contributed by atoms with Crippen molar-refractivity contribution in [3.63, 3.8) is 0 Å². The maximum absolute atomic E-state index is 13.0. The third-order valence-electron chi connectivity index (χ3n) is 3.55. The standard InChI is InChI=1S/C17H22BrNO3S/c1-10(2)16-19(14(9-23-16)17(21)22-11(3)4)15(20)12-5-7-13(18)8-6-12/h5-8,10-11,14,16H,9H2,1-4H3. The molecule has 0 spiro atoms. The molecule has 1 amide bonds. The van der Waals surface area contributed by atoms with Crippen molar-refractivity contribution < 1.29 is 14.3 Å². The van der Waals surface area contributed by atoms with Crippen LogP contribution < -0.4 is 0 Å². The van der Waals surface area contributed by atoms with Crippen molar-refractivity contribution in [3.05, 3.63) is 34.3 Å². The van der Waals surface area contributed by atoms with E-state index in [0.717, 1.165) is 4.47 Å². The van der Waals surface area contributed by atoms with Crippen molar-refractivity contribution >= 4 is 39.6 Å². The van der Waals surface area contributed by atoms with E-state index >= 15 is 0 Å². The number of halogens is 1. The molecule has 4 nitrogen and oxygen atoms in total. The number of rotatable bonds is 4. The van der Waals surface area contributed by atoms with Crippen molar-refractivity contribution in [2.45, 2.75) is 45.2 Å². The summed E-state index contributed by atoms with van der Waals surface area (Å²) in [6, 6.07) is 6.70. The molecule has 2 rings (SSSR count). The minimum Gasteiger partial charge on any atom is -0.461 e. The number of amides is 1. The zero-order valence-electron chi connectivity index (χ0n) is 13.8. The Balaban J connectivity index is 2.28. The molecule has 2 unspecified atom stereocenters. The van der Waals surface area contributed by atoms with Gasteiger partial charge in [0.1, 0.15) is 6.04 Å². The number of ether oxygens (including phenoxy) is 1. The van der Waals surface area contributed by atoms with E-state index in [1.54, 1.807) is 28.8 Å². The second kappa shape index (κ2) is 7.71. The maximum Gasteiger partial charge on any atom is 0.330 e. The number of nitrogens with zero attached hydrogens (tertiary/aromatic N) is 1.